The van der Waals surface area contributed by atoms with Crippen molar-refractivity contribution in [3.8, 4) is 0 Å². The molecule has 8 heteroatoms. The van der Waals surface area contributed by atoms with Gasteiger partial charge in [0.15, 0.2) is 0 Å². The molecular formula is C18H26N4O4. The molecule has 1 aliphatic carbocycles. The first kappa shape index (κ1) is 19.8. The molecule has 0 bridgehead atoms. The summed E-state index contributed by atoms with van der Waals surface area (Å²) >= 11 is 0. The molecule has 142 valence electrons. The molecule has 2 rings (SSSR count). The maximum atomic E-state index is 12.8. The van der Waals surface area contributed by atoms with E-state index in [4.69, 9.17) is 0 Å². The number of carboxylic acid groups (broad SMARTS) is 1. The Labute approximate surface area is 152 Å². The van der Waals surface area contributed by atoms with Crippen molar-refractivity contribution in [3.05, 3.63) is 24.3 Å². The standard InChI is InChI=1S/C18H26N4O4/c1-11(2)14(18(25)26)21-17(24)15(12-6-4-3-5-7-12)22-16(23)13-10-19-8-9-20-13/h8-12,14-15H,3-7H2,1-2H3,(H,21,24)(H,22,23)(H,25,26). The Morgan fingerprint density at radius 2 is 1.81 bits per heavy atom. The van der Waals surface area contributed by atoms with Gasteiger partial charge >= 0.3 is 5.97 Å². The van der Waals surface area contributed by atoms with Crippen molar-refractivity contribution < 1.29 is 19.5 Å². The van der Waals surface area contributed by atoms with Gasteiger partial charge in [0.05, 0.1) is 6.20 Å². The van der Waals surface area contributed by atoms with Gasteiger partial charge in [-0.05, 0) is 24.7 Å². The lowest BCUT2D eigenvalue weighted by Gasteiger charge is -2.31. The zero-order chi connectivity index (χ0) is 19.1. The fourth-order valence-corrected chi connectivity index (χ4v) is 3.25. The third-order valence-corrected chi connectivity index (χ3v) is 4.72. The molecule has 1 aromatic rings. The first-order valence-corrected chi connectivity index (χ1v) is 9.00. The minimum absolute atomic E-state index is 0.0222. The lowest BCUT2D eigenvalue weighted by molar-refractivity contribution is -0.143. The largest absolute Gasteiger partial charge is 0.480 e. The summed E-state index contributed by atoms with van der Waals surface area (Å²) in [5.41, 5.74) is 0.125. The molecule has 1 saturated carbocycles. The fourth-order valence-electron chi connectivity index (χ4n) is 3.25. The molecule has 0 aromatic carbocycles. The molecule has 8 nitrogen and oxygen atoms in total. The van der Waals surface area contributed by atoms with Crippen LogP contribution in [0.5, 0.6) is 0 Å². The quantitative estimate of drug-likeness (QED) is 0.674. The monoisotopic (exact) mass is 362 g/mol. The van der Waals surface area contributed by atoms with Crippen molar-refractivity contribution in [2.24, 2.45) is 11.8 Å². The van der Waals surface area contributed by atoms with Crippen LogP contribution in [-0.4, -0.2) is 44.9 Å². The SMILES string of the molecule is CC(C)C(NC(=O)C(NC(=O)c1cnccn1)C1CCCCC1)C(=O)O. The van der Waals surface area contributed by atoms with E-state index in [-0.39, 0.29) is 17.5 Å². The van der Waals surface area contributed by atoms with Crippen LogP contribution in [0.15, 0.2) is 18.6 Å². The number of nitrogens with zero attached hydrogens (tertiary/aromatic N) is 2. The number of aromatic nitrogens is 2. The number of nitrogens with one attached hydrogen (secondary N) is 2. The van der Waals surface area contributed by atoms with Crippen LogP contribution >= 0.6 is 0 Å². The second kappa shape index (κ2) is 9.26. The van der Waals surface area contributed by atoms with Gasteiger partial charge in [0.2, 0.25) is 5.91 Å². The van der Waals surface area contributed by atoms with Gasteiger partial charge in [0.25, 0.3) is 5.91 Å². The van der Waals surface area contributed by atoms with E-state index in [9.17, 15) is 19.5 Å². The van der Waals surface area contributed by atoms with Crippen LogP contribution in [-0.2, 0) is 9.59 Å². The van der Waals surface area contributed by atoms with Crippen molar-refractivity contribution in [2.45, 2.75) is 58.0 Å². The molecule has 1 heterocycles. The molecule has 2 atom stereocenters. The summed E-state index contributed by atoms with van der Waals surface area (Å²) in [6, 6.07) is -1.78. The summed E-state index contributed by atoms with van der Waals surface area (Å²) in [5, 5.41) is 14.6. The smallest absolute Gasteiger partial charge is 0.326 e. The maximum Gasteiger partial charge on any atom is 0.326 e. The van der Waals surface area contributed by atoms with Crippen LogP contribution in [0.1, 0.15) is 56.4 Å². The lowest BCUT2D eigenvalue weighted by Crippen LogP contribution is -2.56. The van der Waals surface area contributed by atoms with Crippen molar-refractivity contribution in [1.29, 1.82) is 0 Å². The van der Waals surface area contributed by atoms with Crippen molar-refractivity contribution in [3.63, 3.8) is 0 Å². The van der Waals surface area contributed by atoms with Gasteiger partial charge in [-0.15, -0.1) is 0 Å². The molecule has 0 radical (unpaired) electrons. The summed E-state index contributed by atoms with van der Waals surface area (Å²) in [7, 11) is 0. The van der Waals surface area contributed by atoms with Gasteiger partial charge < -0.3 is 15.7 Å². The fraction of sp³-hybridized carbons (Fsp3) is 0.611. The Morgan fingerprint density at radius 1 is 1.12 bits per heavy atom. The predicted octanol–water partition coefficient (Wildman–Crippen LogP) is 1.38. The van der Waals surface area contributed by atoms with E-state index in [0.717, 1.165) is 32.1 Å². The van der Waals surface area contributed by atoms with E-state index in [1.54, 1.807) is 13.8 Å². The van der Waals surface area contributed by atoms with E-state index in [1.807, 2.05) is 0 Å². The molecule has 26 heavy (non-hydrogen) atoms. The number of hydrogen-bond acceptors (Lipinski definition) is 5. The van der Waals surface area contributed by atoms with Gasteiger partial charge in [-0.3, -0.25) is 14.6 Å². The molecule has 1 aromatic heterocycles. The number of carboxylic acids is 1. The van der Waals surface area contributed by atoms with Gasteiger partial charge in [-0.1, -0.05) is 33.1 Å². The van der Waals surface area contributed by atoms with Gasteiger partial charge in [-0.25, -0.2) is 9.78 Å². The number of amides is 2. The van der Waals surface area contributed by atoms with Gasteiger partial charge in [-0.2, -0.15) is 0 Å². The lowest BCUT2D eigenvalue weighted by atomic mass is 9.83. The van der Waals surface area contributed by atoms with Gasteiger partial charge in [0.1, 0.15) is 17.8 Å². The normalized spacial score (nSPS) is 17.3. The van der Waals surface area contributed by atoms with Crippen LogP contribution in [0.4, 0.5) is 0 Å². The number of hydrogen-bond donors (Lipinski definition) is 3. The zero-order valence-corrected chi connectivity index (χ0v) is 15.1. The summed E-state index contributed by atoms with van der Waals surface area (Å²) in [4.78, 5) is 44.5. The Morgan fingerprint density at radius 3 is 2.35 bits per heavy atom. The topological polar surface area (TPSA) is 121 Å². The highest BCUT2D eigenvalue weighted by molar-refractivity contribution is 5.96. The first-order valence-electron chi connectivity index (χ1n) is 9.00. The highest BCUT2D eigenvalue weighted by Crippen LogP contribution is 2.27. The van der Waals surface area contributed by atoms with Crippen LogP contribution in [0, 0.1) is 11.8 Å². The summed E-state index contributed by atoms with van der Waals surface area (Å²) in [6.07, 6.45) is 8.92. The minimum Gasteiger partial charge on any atom is -0.480 e. The first-order chi connectivity index (χ1) is 12.4. The summed E-state index contributed by atoms with van der Waals surface area (Å²) in [5.74, 6) is -2.32. The molecule has 0 spiro atoms. The summed E-state index contributed by atoms with van der Waals surface area (Å²) in [6.45, 7) is 3.46. The number of carbonyl (C=O) groups is 3. The van der Waals surface area contributed by atoms with E-state index in [1.165, 1.54) is 18.6 Å². The maximum absolute atomic E-state index is 12.8. The van der Waals surface area contributed by atoms with E-state index >= 15 is 0 Å². The minimum atomic E-state index is -1.09. The Bertz CT molecular complexity index is 629. The van der Waals surface area contributed by atoms with E-state index in [0.29, 0.717) is 0 Å². The second-order valence-electron chi connectivity index (χ2n) is 7.01. The Balaban J connectivity index is 2.16. The van der Waals surface area contributed by atoms with E-state index in [2.05, 4.69) is 20.6 Å². The van der Waals surface area contributed by atoms with Gasteiger partial charge in [0, 0.05) is 12.4 Å². The third kappa shape index (κ3) is 5.24. The number of rotatable bonds is 7. The number of aliphatic carboxylic acids is 1. The zero-order valence-electron chi connectivity index (χ0n) is 15.1. The molecule has 2 amide bonds. The third-order valence-electron chi connectivity index (χ3n) is 4.72. The van der Waals surface area contributed by atoms with Crippen LogP contribution in [0.2, 0.25) is 0 Å². The molecule has 1 aliphatic rings. The average molecular weight is 362 g/mol. The van der Waals surface area contributed by atoms with Crippen LogP contribution < -0.4 is 10.6 Å². The molecular weight excluding hydrogens is 336 g/mol. The highest BCUT2D eigenvalue weighted by atomic mass is 16.4. The van der Waals surface area contributed by atoms with E-state index < -0.39 is 29.9 Å². The molecule has 2 unspecified atom stereocenters. The average Bonchev–Trinajstić information content (AvgIpc) is 2.64. The molecule has 3 N–H and O–H groups in total. The van der Waals surface area contributed by atoms with Crippen molar-refractivity contribution in [1.82, 2.24) is 20.6 Å². The van der Waals surface area contributed by atoms with Crippen molar-refractivity contribution in [2.75, 3.05) is 0 Å². The molecule has 0 saturated heterocycles. The second-order valence-corrected chi connectivity index (χ2v) is 7.01. The van der Waals surface area contributed by atoms with Crippen LogP contribution in [0.3, 0.4) is 0 Å². The highest BCUT2D eigenvalue weighted by Gasteiger charge is 2.34. The Kier molecular flexibility index (Phi) is 7.06. The Hall–Kier alpha value is -2.51. The number of carbonyl (C=O) groups excluding carboxylic acids is 2. The van der Waals surface area contributed by atoms with Crippen LogP contribution in [0.25, 0.3) is 0 Å². The summed E-state index contributed by atoms with van der Waals surface area (Å²) < 4.78 is 0. The van der Waals surface area contributed by atoms with Crippen molar-refractivity contribution >= 4 is 17.8 Å². The predicted molar refractivity (Wildman–Crippen MR) is 94.3 cm³/mol. The molecule has 0 aliphatic heterocycles. The molecule has 1 fully saturated rings.